The van der Waals surface area contributed by atoms with Gasteiger partial charge in [-0.05, 0) is 58.7 Å². The van der Waals surface area contributed by atoms with Gasteiger partial charge in [0.1, 0.15) is 0 Å². The SMILES string of the molecule is COC(=O)c1ccc(C2=CN3C(=O)c4cc(OC)c(OCCCOc5cc6c(cc5OC)C(=O)N5C=C(c7ccc(N)cc7)CC5C=N6)cc4N=CC3C2)cc1. The molecule has 0 saturated heterocycles. The van der Waals surface area contributed by atoms with Gasteiger partial charge in [-0.2, -0.15) is 0 Å². The summed E-state index contributed by atoms with van der Waals surface area (Å²) in [6.45, 7) is 0.571. The standard InChI is InChI=1S/C43H39N5O8/c1-52-37-17-33-35(45-21-31-15-28(23-47(31)41(33)49)25-5-7-27(8-6-25)43(51)54-3)19-39(37)55-13-4-14-56-40-20-36-34(18-38(40)53-2)42(50)48-24-29(16-32(48)22-46-36)26-9-11-30(44)12-10-26/h5-12,17-24,31-32H,4,13-16,44H2,1-3H3. The highest BCUT2D eigenvalue weighted by molar-refractivity contribution is 6.06. The maximum atomic E-state index is 13.8. The molecule has 13 nitrogen and oxygen atoms in total. The van der Waals surface area contributed by atoms with Gasteiger partial charge < -0.3 is 39.2 Å². The lowest BCUT2D eigenvalue weighted by molar-refractivity contribution is 0.0600. The third-order valence-electron chi connectivity index (χ3n) is 10.2. The quantitative estimate of drug-likeness (QED) is 0.0983. The van der Waals surface area contributed by atoms with E-state index in [1.165, 1.54) is 21.3 Å². The average Bonchev–Trinajstić information content (AvgIpc) is 3.80. The summed E-state index contributed by atoms with van der Waals surface area (Å²) in [6.07, 6.45) is 9.00. The fourth-order valence-corrected chi connectivity index (χ4v) is 7.20. The highest BCUT2D eigenvalue weighted by Gasteiger charge is 2.35. The molecule has 0 spiro atoms. The number of carbonyl (C=O) groups excluding carboxylic acids is 3. The summed E-state index contributed by atoms with van der Waals surface area (Å²) in [5.41, 5.74) is 12.7. The van der Waals surface area contributed by atoms with Crippen molar-refractivity contribution < 1.29 is 38.1 Å². The van der Waals surface area contributed by atoms with E-state index in [0.717, 1.165) is 22.3 Å². The van der Waals surface area contributed by atoms with E-state index < -0.39 is 5.97 Å². The van der Waals surface area contributed by atoms with Crippen LogP contribution in [0.1, 0.15) is 61.5 Å². The first-order valence-corrected chi connectivity index (χ1v) is 18.1. The van der Waals surface area contributed by atoms with E-state index >= 15 is 0 Å². The fraction of sp³-hybridized carbons (Fsp3) is 0.233. The third kappa shape index (κ3) is 6.83. The zero-order chi connectivity index (χ0) is 38.9. The summed E-state index contributed by atoms with van der Waals surface area (Å²) < 4.78 is 28.3. The third-order valence-corrected chi connectivity index (χ3v) is 10.2. The van der Waals surface area contributed by atoms with Crippen LogP contribution in [0.5, 0.6) is 23.0 Å². The van der Waals surface area contributed by atoms with Gasteiger partial charge in [0.2, 0.25) is 0 Å². The van der Waals surface area contributed by atoms with Crippen LogP contribution in [0.2, 0.25) is 0 Å². The zero-order valence-electron chi connectivity index (χ0n) is 31.1. The number of fused-ring (bicyclic) bond motifs is 4. The summed E-state index contributed by atoms with van der Waals surface area (Å²) in [5, 5.41) is 0. The number of esters is 1. The molecule has 4 aliphatic heterocycles. The van der Waals surface area contributed by atoms with E-state index in [9.17, 15) is 14.4 Å². The number of hydrogen-bond acceptors (Lipinski definition) is 11. The fourth-order valence-electron chi connectivity index (χ4n) is 7.20. The Hall–Kier alpha value is -6.89. The minimum Gasteiger partial charge on any atom is -0.493 e. The Kier molecular flexibility index (Phi) is 9.73. The molecule has 0 saturated carbocycles. The van der Waals surface area contributed by atoms with Crippen LogP contribution in [0.25, 0.3) is 11.1 Å². The van der Waals surface area contributed by atoms with Crippen LogP contribution < -0.4 is 24.7 Å². The lowest BCUT2D eigenvalue weighted by atomic mass is 10.0. The van der Waals surface area contributed by atoms with Gasteiger partial charge in [0.05, 0.1) is 74.7 Å². The summed E-state index contributed by atoms with van der Waals surface area (Å²) in [4.78, 5) is 52.1. The molecule has 4 heterocycles. The van der Waals surface area contributed by atoms with Crippen LogP contribution in [-0.4, -0.2) is 86.6 Å². The Morgan fingerprint density at radius 3 is 1.59 bits per heavy atom. The van der Waals surface area contributed by atoms with E-state index in [1.807, 2.05) is 48.8 Å². The monoisotopic (exact) mass is 753 g/mol. The van der Waals surface area contributed by atoms with E-state index in [-0.39, 0.29) is 37.1 Å². The van der Waals surface area contributed by atoms with Crippen molar-refractivity contribution in [3.05, 3.63) is 113 Å². The average molecular weight is 754 g/mol. The van der Waals surface area contributed by atoms with Gasteiger partial charge in [-0.1, -0.05) is 24.3 Å². The molecule has 0 bridgehead atoms. The van der Waals surface area contributed by atoms with Gasteiger partial charge in [0.25, 0.3) is 11.8 Å². The first-order chi connectivity index (χ1) is 27.2. The van der Waals surface area contributed by atoms with Crippen molar-refractivity contribution in [2.75, 3.05) is 40.3 Å². The van der Waals surface area contributed by atoms with Gasteiger partial charge in [-0.3, -0.25) is 19.6 Å². The van der Waals surface area contributed by atoms with Crippen molar-refractivity contribution in [3.63, 3.8) is 0 Å². The summed E-state index contributed by atoms with van der Waals surface area (Å²) in [6, 6.07) is 21.0. The maximum Gasteiger partial charge on any atom is 0.337 e. The number of nitrogens with zero attached hydrogens (tertiary/aromatic N) is 4. The number of ether oxygens (including phenoxy) is 5. The van der Waals surface area contributed by atoms with E-state index in [1.54, 1.807) is 58.6 Å². The molecule has 13 heteroatoms. The number of benzene rings is 4. The van der Waals surface area contributed by atoms with Crippen molar-refractivity contribution in [1.29, 1.82) is 0 Å². The minimum absolute atomic E-state index is 0.169. The molecule has 2 N–H and O–H groups in total. The van der Waals surface area contributed by atoms with Crippen molar-refractivity contribution >= 4 is 58.4 Å². The molecule has 2 atom stereocenters. The number of nitrogen functional groups attached to an aromatic ring is 1. The molecule has 0 aromatic heterocycles. The Morgan fingerprint density at radius 2 is 1.14 bits per heavy atom. The predicted molar refractivity (Wildman–Crippen MR) is 212 cm³/mol. The molecule has 2 amide bonds. The lowest BCUT2D eigenvalue weighted by Crippen LogP contribution is -2.32. The molecule has 2 unspecified atom stereocenters. The molecule has 0 fully saturated rings. The second kappa shape index (κ2) is 15.1. The van der Waals surface area contributed by atoms with E-state index in [4.69, 9.17) is 29.4 Å². The smallest absolute Gasteiger partial charge is 0.337 e. The number of amides is 2. The Morgan fingerprint density at radius 1 is 0.679 bits per heavy atom. The molecule has 0 aliphatic carbocycles. The van der Waals surface area contributed by atoms with Crippen LogP contribution in [0.4, 0.5) is 17.1 Å². The van der Waals surface area contributed by atoms with Gasteiger partial charge in [0.15, 0.2) is 23.0 Å². The molecule has 8 rings (SSSR count). The topological polar surface area (TPSA) is 155 Å². The van der Waals surface area contributed by atoms with Crippen molar-refractivity contribution in [1.82, 2.24) is 9.80 Å². The normalized spacial score (nSPS) is 17.8. The van der Waals surface area contributed by atoms with E-state index in [2.05, 4.69) is 9.98 Å². The molecule has 56 heavy (non-hydrogen) atoms. The number of aliphatic imine (C=N–C) groups is 2. The van der Waals surface area contributed by atoms with Crippen LogP contribution >= 0.6 is 0 Å². The number of rotatable bonds is 11. The number of nitrogens with two attached hydrogens (primary N) is 1. The molecular weight excluding hydrogens is 714 g/mol. The van der Waals surface area contributed by atoms with E-state index in [0.29, 0.717) is 76.0 Å². The Labute approximate surface area is 323 Å². The summed E-state index contributed by atoms with van der Waals surface area (Å²) >= 11 is 0. The largest absolute Gasteiger partial charge is 0.493 e. The second-order valence-electron chi connectivity index (χ2n) is 13.6. The highest BCUT2D eigenvalue weighted by atomic mass is 16.5. The van der Waals surface area contributed by atoms with Crippen molar-refractivity contribution in [3.8, 4) is 23.0 Å². The molecular formula is C43H39N5O8. The molecule has 284 valence electrons. The lowest BCUT2D eigenvalue weighted by Gasteiger charge is -2.19. The minimum atomic E-state index is -0.406. The van der Waals surface area contributed by atoms with Crippen LogP contribution in [0.15, 0.2) is 95.2 Å². The Balaban J connectivity index is 0.905. The van der Waals surface area contributed by atoms with Gasteiger partial charge in [-0.25, -0.2) is 4.79 Å². The van der Waals surface area contributed by atoms with Crippen molar-refractivity contribution in [2.24, 2.45) is 9.98 Å². The highest BCUT2D eigenvalue weighted by Crippen LogP contribution is 2.42. The van der Waals surface area contributed by atoms with Gasteiger partial charge >= 0.3 is 5.97 Å². The summed E-state index contributed by atoms with van der Waals surface area (Å²) in [7, 11) is 4.40. The molecule has 4 aromatic rings. The number of hydrogen-bond donors (Lipinski definition) is 1. The molecule has 0 radical (unpaired) electrons. The van der Waals surface area contributed by atoms with Crippen molar-refractivity contribution in [2.45, 2.75) is 31.3 Å². The maximum absolute atomic E-state index is 13.8. The number of anilines is 1. The van der Waals surface area contributed by atoms with Crippen LogP contribution in [0, 0.1) is 0 Å². The second-order valence-corrected chi connectivity index (χ2v) is 13.6. The van der Waals surface area contributed by atoms with Gasteiger partial charge in [0, 0.05) is 61.9 Å². The Bertz CT molecular complexity index is 2350. The predicted octanol–water partition coefficient (Wildman–Crippen LogP) is 6.86. The molecule has 4 aliphatic rings. The van der Waals surface area contributed by atoms with Crippen LogP contribution in [-0.2, 0) is 4.74 Å². The first kappa shape index (κ1) is 36.1. The van der Waals surface area contributed by atoms with Gasteiger partial charge in [-0.15, -0.1) is 0 Å². The number of carbonyl (C=O) groups is 3. The summed E-state index contributed by atoms with van der Waals surface area (Å²) in [5.74, 6) is 0.950. The first-order valence-electron chi connectivity index (χ1n) is 18.1. The zero-order valence-corrected chi connectivity index (χ0v) is 31.1. The van der Waals surface area contributed by atoms with Crippen LogP contribution in [0.3, 0.4) is 0 Å². The molecule has 4 aromatic carbocycles. The number of methoxy groups -OCH3 is 3.